The van der Waals surface area contributed by atoms with E-state index in [-0.39, 0.29) is 11.9 Å². The van der Waals surface area contributed by atoms with Crippen LogP contribution in [0.1, 0.15) is 53.3 Å². The van der Waals surface area contributed by atoms with Gasteiger partial charge in [0, 0.05) is 31.2 Å². The maximum absolute atomic E-state index is 12.6. The Kier molecular flexibility index (Phi) is 4.81. The van der Waals surface area contributed by atoms with Crippen LogP contribution in [0, 0.1) is 0 Å². The lowest BCUT2D eigenvalue weighted by Crippen LogP contribution is -2.41. The quantitative estimate of drug-likeness (QED) is 0.528. The molecule has 2 fully saturated rings. The smallest absolute Gasteiger partial charge is 0.277 e. The van der Waals surface area contributed by atoms with E-state index >= 15 is 0 Å². The molecule has 150 valence electrons. The molecule has 1 saturated heterocycles. The summed E-state index contributed by atoms with van der Waals surface area (Å²) in [4.78, 5) is 17.5. The number of rotatable bonds is 5. The molecule has 0 atom stereocenters. The van der Waals surface area contributed by atoms with Crippen LogP contribution in [-0.4, -0.2) is 45.0 Å². The zero-order valence-corrected chi connectivity index (χ0v) is 16.3. The van der Waals surface area contributed by atoms with E-state index in [9.17, 15) is 10.0 Å². The van der Waals surface area contributed by atoms with Crippen molar-refractivity contribution in [2.75, 3.05) is 13.2 Å². The summed E-state index contributed by atoms with van der Waals surface area (Å²) in [6.45, 7) is 1.88. The Labute approximate surface area is 169 Å². The molecule has 0 unspecified atom stereocenters. The Bertz CT molecular complexity index is 1020. The number of carbonyl (C=O) groups is 1. The Morgan fingerprint density at radius 2 is 1.79 bits per heavy atom. The van der Waals surface area contributed by atoms with E-state index in [1.807, 2.05) is 24.3 Å². The van der Waals surface area contributed by atoms with Gasteiger partial charge >= 0.3 is 0 Å². The molecular weight excluding hydrogens is 366 g/mol. The second kappa shape index (κ2) is 7.61. The monoisotopic (exact) mass is 391 g/mol. The molecule has 6 heteroatoms. The Hall–Kier alpha value is -2.70. The number of nitrogens with zero attached hydrogens (tertiary/aromatic N) is 3. The topological polar surface area (TPSA) is 67.6 Å². The standard InChI is InChI=1S/C23H25N3O3/c27-23(26(28)19-11-13-29-14-12-19)18-7-5-16(6-8-18)15-25-21-4-2-1-3-20(21)24-22(25)17-9-10-17/h1-8,17,19,28H,9-15H2. The predicted octanol–water partition coefficient (Wildman–Crippen LogP) is 3.97. The highest BCUT2D eigenvalue weighted by molar-refractivity contribution is 5.93. The normalized spacial score (nSPS) is 17.6. The highest BCUT2D eigenvalue weighted by Gasteiger charge is 2.29. The fraction of sp³-hybridized carbons (Fsp3) is 0.391. The lowest BCUT2D eigenvalue weighted by molar-refractivity contribution is -0.112. The van der Waals surface area contributed by atoms with Gasteiger partial charge in [-0.2, -0.15) is 0 Å². The zero-order chi connectivity index (χ0) is 19.8. The van der Waals surface area contributed by atoms with Crippen LogP contribution in [-0.2, 0) is 11.3 Å². The van der Waals surface area contributed by atoms with Crippen molar-refractivity contribution in [2.45, 2.75) is 44.2 Å². The van der Waals surface area contributed by atoms with Gasteiger partial charge in [-0.15, -0.1) is 0 Å². The molecule has 1 aliphatic heterocycles. The highest BCUT2D eigenvalue weighted by Crippen LogP contribution is 2.40. The van der Waals surface area contributed by atoms with Crippen LogP contribution < -0.4 is 0 Å². The fourth-order valence-electron chi connectivity index (χ4n) is 4.08. The first-order chi connectivity index (χ1) is 14.2. The number of hydrogen-bond acceptors (Lipinski definition) is 4. The van der Waals surface area contributed by atoms with Crippen LogP contribution in [0.15, 0.2) is 48.5 Å². The van der Waals surface area contributed by atoms with Gasteiger partial charge in [0.25, 0.3) is 5.91 Å². The number of para-hydroxylation sites is 2. The first kappa shape index (κ1) is 18.3. The summed E-state index contributed by atoms with van der Waals surface area (Å²) in [5.74, 6) is 1.37. The SMILES string of the molecule is O=C(c1ccc(Cn2c(C3CC3)nc3ccccc32)cc1)N(O)C1CCOCC1. The van der Waals surface area contributed by atoms with E-state index in [0.29, 0.717) is 37.5 Å². The summed E-state index contributed by atoms with van der Waals surface area (Å²) in [6, 6.07) is 15.6. The number of amides is 1. The van der Waals surface area contributed by atoms with Gasteiger partial charge in [0.05, 0.1) is 17.1 Å². The summed E-state index contributed by atoms with van der Waals surface area (Å²) < 4.78 is 7.60. The molecule has 1 aromatic heterocycles. The van der Waals surface area contributed by atoms with Crippen molar-refractivity contribution in [1.29, 1.82) is 0 Å². The van der Waals surface area contributed by atoms with Crippen molar-refractivity contribution in [3.63, 3.8) is 0 Å². The van der Waals surface area contributed by atoms with Gasteiger partial charge < -0.3 is 9.30 Å². The Morgan fingerprint density at radius 3 is 2.52 bits per heavy atom. The molecule has 2 aliphatic rings. The molecule has 2 aromatic carbocycles. The largest absolute Gasteiger partial charge is 0.381 e. The molecular formula is C23H25N3O3. The number of fused-ring (bicyclic) bond motifs is 1. The van der Waals surface area contributed by atoms with Gasteiger partial charge in [-0.3, -0.25) is 10.0 Å². The lowest BCUT2D eigenvalue weighted by atomic mass is 10.1. The van der Waals surface area contributed by atoms with Crippen molar-refractivity contribution in [1.82, 2.24) is 14.6 Å². The summed E-state index contributed by atoms with van der Waals surface area (Å²) in [6.07, 6.45) is 3.74. The zero-order valence-electron chi connectivity index (χ0n) is 16.3. The summed E-state index contributed by atoms with van der Waals surface area (Å²) in [5, 5.41) is 11.2. The maximum atomic E-state index is 12.6. The average molecular weight is 391 g/mol. The minimum Gasteiger partial charge on any atom is -0.381 e. The molecule has 29 heavy (non-hydrogen) atoms. The van der Waals surface area contributed by atoms with E-state index in [0.717, 1.165) is 34.0 Å². The van der Waals surface area contributed by atoms with E-state index in [2.05, 4.69) is 16.7 Å². The lowest BCUT2D eigenvalue weighted by Gasteiger charge is -2.29. The molecule has 1 saturated carbocycles. The molecule has 1 aliphatic carbocycles. The van der Waals surface area contributed by atoms with Crippen molar-refractivity contribution in [3.05, 3.63) is 65.5 Å². The molecule has 3 aromatic rings. The van der Waals surface area contributed by atoms with Gasteiger partial charge in [0.2, 0.25) is 0 Å². The Morgan fingerprint density at radius 1 is 1.07 bits per heavy atom. The van der Waals surface area contributed by atoms with Gasteiger partial charge in [-0.25, -0.2) is 10.0 Å². The van der Waals surface area contributed by atoms with Crippen molar-refractivity contribution in [2.24, 2.45) is 0 Å². The number of hydroxylamine groups is 2. The van der Waals surface area contributed by atoms with Gasteiger partial charge in [-0.05, 0) is 55.5 Å². The van der Waals surface area contributed by atoms with Gasteiger partial charge in [0.15, 0.2) is 0 Å². The van der Waals surface area contributed by atoms with E-state index in [1.165, 1.54) is 12.8 Å². The number of imidazole rings is 1. The number of ether oxygens (including phenoxy) is 1. The third kappa shape index (κ3) is 3.66. The van der Waals surface area contributed by atoms with Crippen molar-refractivity contribution < 1.29 is 14.7 Å². The molecule has 2 heterocycles. The van der Waals surface area contributed by atoms with Crippen molar-refractivity contribution >= 4 is 16.9 Å². The van der Waals surface area contributed by atoms with Gasteiger partial charge in [0.1, 0.15) is 5.82 Å². The summed E-state index contributed by atoms with van der Waals surface area (Å²) >= 11 is 0. The summed E-state index contributed by atoms with van der Waals surface area (Å²) in [7, 11) is 0. The second-order valence-electron chi connectivity index (χ2n) is 8.01. The number of hydrogen-bond donors (Lipinski definition) is 1. The van der Waals surface area contributed by atoms with Crippen LogP contribution in [0.3, 0.4) is 0 Å². The van der Waals surface area contributed by atoms with Crippen LogP contribution in [0.4, 0.5) is 0 Å². The summed E-state index contributed by atoms with van der Waals surface area (Å²) in [5.41, 5.74) is 3.80. The minimum absolute atomic E-state index is 0.172. The third-order valence-electron chi connectivity index (χ3n) is 5.91. The molecule has 1 N–H and O–H groups in total. The molecule has 1 amide bonds. The fourth-order valence-corrected chi connectivity index (χ4v) is 4.08. The molecule has 0 spiro atoms. The number of carbonyl (C=O) groups excluding carboxylic acids is 1. The van der Waals surface area contributed by atoms with Crippen LogP contribution in [0.5, 0.6) is 0 Å². The highest BCUT2D eigenvalue weighted by atomic mass is 16.5. The van der Waals surface area contributed by atoms with E-state index < -0.39 is 0 Å². The first-order valence-electron chi connectivity index (χ1n) is 10.3. The molecule has 0 bridgehead atoms. The van der Waals surface area contributed by atoms with Gasteiger partial charge in [-0.1, -0.05) is 24.3 Å². The molecule has 5 rings (SSSR count). The second-order valence-corrected chi connectivity index (χ2v) is 8.01. The minimum atomic E-state index is -0.352. The van der Waals surface area contributed by atoms with Crippen molar-refractivity contribution in [3.8, 4) is 0 Å². The average Bonchev–Trinajstić information content (AvgIpc) is 3.56. The Balaban J connectivity index is 1.35. The van der Waals surface area contributed by atoms with E-state index in [1.54, 1.807) is 12.1 Å². The molecule has 6 nitrogen and oxygen atoms in total. The van der Waals surface area contributed by atoms with E-state index in [4.69, 9.17) is 9.72 Å². The third-order valence-corrected chi connectivity index (χ3v) is 5.91. The number of benzene rings is 2. The molecule has 0 radical (unpaired) electrons. The predicted molar refractivity (Wildman–Crippen MR) is 109 cm³/mol. The van der Waals surface area contributed by atoms with Crippen LogP contribution >= 0.6 is 0 Å². The maximum Gasteiger partial charge on any atom is 0.277 e. The van der Waals surface area contributed by atoms with Crippen LogP contribution in [0.25, 0.3) is 11.0 Å². The first-order valence-corrected chi connectivity index (χ1v) is 10.3. The number of aromatic nitrogens is 2. The van der Waals surface area contributed by atoms with Crippen LogP contribution in [0.2, 0.25) is 0 Å².